The number of nitrogens with two attached hydrogens (primary N) is 2. The van der Waals surface area contributed by atoms with Crippen molar-refractivity contribution in [3.05, 3.63) is 0 Å². The molecule has 1 saturated carbocycles. The molecule has 1 aliphatic carbocycles. The molecule has 3 nitrogen and oxygen atoms in total. The topological polar surface area (TPSA) is 61.3 Å². The molecule has 0 amide bonds. The maximum Gasteiger partial charge on any atom is 0.0796 e. The largest absolute Gasteiger partial charge is 0.381 e. The van der Waals surface area contributed by atoms with Gasteiger partial charge in [-0.25, -0.2) is 0 Å². The summed E-state index contributed by atoms with van der Waals surface area (Å²) in [6.45, 7) is 0. The van der Waals surface area contributed by atoms with Gasteiger partial charge < -0.3 is 16.2 Å². The number of hydrogen-bond acceptors (Lipinski definition) is 4. The van der Waals surface area contributed by atoms with Crippen molar-refractivity contribution in [2.24, 2.45) is 11.5 Å². The van der Waals surface area contributed by atoms with Crippen LogP contribution in [0.2, 0.25) is 0 Å². The fourth-order valence-corrected chi connectivity index (χ4v) is 2.24. The van der Waals surface area contributed by atoms with Gasteiger partial charge in [0.15, 0.2) is 0 Å². The summed E-state index contributed by atoms with van der Waals surface area (Å²) in [4.78, 5) is -0.263. The first kappa shape index (κ1) is 9.32. The zero-order valence-corrected chi connectivity index (χ0v) is 7.86. The smallest absolute Gasteiger partial charge is 0.0796 e. The second-order valence-electron chi connectivity index (χ2n) is 3.06. The van der Waals surface area contributed by atoms with Crippen molar-refractivity contribution in [1.82, 2.24) is 0 Å². The van der Waals surface area contributed by atoms with E-state index in [1.165, 1.54) is 0 Å². The van der Waals surface area contributed by atoms with E-state index in [-0.39, 0.29) is 17.0 Å². The Morgan fingerprint density at radius 1 is 1.64 bits per heavy atom. The number of methoxy groups -OCH3 is 1. The predicted octanol–water partition coefficient (Wildman–Crippen LogP) is 0.140. The standard InChI is InChI=1S/C7H16N2OS/c1-10-5-3-6(8)7(9,4-5)11-2/h5-6H,3-4,8-9H2,1-2H3/t5?,6-,7?/m1/s1. The minimum Gasteiger partial charge on any atom is -0.381 e. The van der Waals surface area contributed by atoms with Gasteiger partial charge in [-0.15, -0.1) is 11.8 Å². The van der Waals surface area contributed by atoms with E-state index in [1.807, 2.05) is 6.26 Å². The Labute approximate surface area is 71.8 Å². The van der Waals surface area contributed by atoms with E-state index in [9.17, 15) is 0 Å². The second kappa shape index (κ2) is 3.31. The van der Waals surface area contributed by atoms with Crippen molar-refractivity contribution >= 4 is 11.8 Å². The van der Waals surface area contributed by atoms with E-state index >= 15 is 0 Å². The van der Waals surface area contributed by atoms with E-state index in [0.717, 1.165) is 12.8 Å². The van der Waals surface area contributed by atoms with Crippen LogP contribution in [0.3, 0.4) is 0 Å². The molecule has 0 heterocycles. The highest BCUT2D eigenvalue weighted by Gasteiger charge is 2.42. The van der Waals surface area contributed by atoms with Crippen LogP contribution in [0.25, 0.3) is 0 Å². The molecule has 1 fully saturated rings. The van der Waals surface area contributed by atoms with Gasteiger partial charge >= 0.3 is 0 Å². The van der Waals surface area contributed by atoms with Gasteiger partial charge in [0.05, 0.1) is 11.0 Å². The molecule has 1 rings (SSSR count). The minimum atomic E-state index is -0.263. The Kier molecular flexibility index (Phi) is 2.80. The maximum atomic E-state index is 6.03. The quantitative estimate of drug-likeness (QED) is 0.588. The fraction of sp³-hybridized carbons (Fsp3) is 1.00. The van der Waals surface area contributed by atoms with Crippen molar-refractivity contribution < 1.29 is 4.74 Å². The zero-order valence-electron chi connectivity index (χ0n) is 7.04. The maximum absolute atomic E-state index is 6.03. The van der Waals surface area contributed by atoms with Crippen LogP contribution in [-0.2, 0) is 4.74 Å². The molecular formula is C7H16N2OS. The molecule has 0 radical (unpaired) electrons. The molecule has 11 heavy (non-hydrogen) atoms. The van der Waals surface area contributed by atoms with Gasteiger partial charge in [-0.1, -0.05) is 0 Å². The number of rotatable bonds is 2. The van der Waals surface area contributed by atoms with Crippen LogP contribution in [0, 0.1) is 0 Å². The zero-order chi connectivity index (χ0) is 8.48. The molecule has 0 aromatic carbocycles. The molecule has 3 atom stereocenters. The molecule has 1 aliphatic rings. The summed E-state index contributed by atoms with van der Waals surface area (Å²) in [7, 11) is 1.71. The third-order valence-corrected chi connectivity index (χ3v) is 3.63. The van der Waals surface area contributed by atoms with E-state index in [2.05, 4.69) is 0 Å². The highest BCUT2D eigenvalue weighted by Crippen LogP contribution is 2.35. The first-order chi connectivity index (χ1) is 5.12. The summed E-state index contributed by atoms with van der Waals surface area (Å²) in [5, 5.41) is 0. The van der Waals surface area contributed by atoms with Gasteiger partial charge in [0.1, 0.15) is 0 Å². The lowest BCUT2D eigenvalue weighted by Crippen LogP contribution is -2.48. The monoisotopic (exact) mass is 176 g/mol. The van der Waals surface area contributed by atoms with Crippen molar-refractivity contribution in [2.75, 3.05) is 13.4 Å². The Hall–Kier alpha value is 0.230. The van der Waals surface area contributed by atoms with Gasteiger partial charge in [-0.05, 0) is 12.7 Å². The van der Waals surface area contributed by atoms with Gasteiger partial charge in [0.25, 0.3) is 0 Å². The first-order valence-corrected chi connectivity index (χ1v) is 4.97. The van der Waals surface area contributed by atoms with E-state index < -0.39 is 0 Å². The van der Waals surface area contributed by atoms with E-state index in [4.69, 9.17) is 16.2 Å². The number of hydrogen-bond donors (Lipinski definition) is 2. The average molecular weight is 176 g/mol. The molecular weight excluding hydrogens is 160 g/mol. The average Bonchev–Trinajstić information content (AvgIpc) is 2.29. The second-order valence-corrected chi connectivity index (χ2v) is 4.23. The summed E-state index contributed by atoms with van der Waals surface area (Å²) < 4.78 is 5.21. The molecule has 4 N–H and O–H groups in total. The van der Waals surface area contributed by atoms with Crippen molar-refractivity contribution in [1.29, 1.82) is 0 Å². The van der Waals surface area contributed by atoms with Crippen LogP contribution in [0.5, 0.6) is 0 Å². The molecule has 0 aromatic heterocycles. The van der Waals surface area contributed by atoms with Gasteiger partial charge in [-0.2, -0.15) is 0 Å². The lowest BCUT2D eigenvalue weighted by Gasteiger charge is -2.25. The highest BCUT2D eigenvalue weighted by atomic mass is 32.2. The Bertz CT molecular complexity index is 144. The molecule has 4 heteroatoms. The summed E-state index contributed by atoms with van der Waals surface area (Å²) in [6.07, 6.45) is 4.00. The molecule has 0 spiro atoms. The summed E-state index contributed by atoms with van der Waals surface area (Å²) in [5.74, 6) is 0. The molecule has 0 aromatic rings. The van der Waals surface area contributed by atoms with Crippen molar-refractivity contribution in [2.45, 2.75) is 29.9 Å². The third-order valence-electron chi connectivity index (χ3n) is 2.40. The lowest BCUT2D eigenvalue weighted by molar-refractivity contribution is 0.106. The van der Waals surface area contributed by atoms with Gasteiger partial charge in [-0.3, -0.25) is 0 Å². The van der Waals surface area contributed by atoms with E-state index in [1.54, 1.807) is 18.9 Å². The van der Waals surface area contributed by atoms with Gasteiger partial charge in [0.2, 0.25) is 0 Å². The van der Waals surface area contributed by atoms with Crippen LogP contribution in [-0.4, -0.2) is 30.4 Å². The normalized spacial score (nSPS) is 44.7. The van der Waals surface area contributed by atoms with E-state index in [0.29, 0.717) is 0 Å². The summed E-state index contributed by atoms with van der Waals surface area (Å²) in [5.41, 5.74) is 11.9. The molecule has 0 aliphatic heterocycles. The molecule has 66 valence electrons. The van der Waals surface area contributed by atoms with Crippen LogP contribution < -0.4 is 11.5 Å². The summed E-state index contributed by atoms with van der Waals surface area (Å²) >= 11 is 1.63. The minimum absolute atomic E-state index is 0.0717. The van der Waals surface area contributed by atoms with Crippen LogP contribution in [0.4, 0.5) is 0 Å². The number of ether oxygens (including phenoxy) is 1. The van der Waals surface area contributed by atoms with Crippen molar-refractivity contribution in [3.63, 3.8) is 0 Å². The molecule has 2 unspecified atom stereocenters. The first-order valence-electron chi connectivity index (χ1n) is 3.75. The molecule has 0 bridgehead atoms. The van der Waals surface area contributed by atoms with Crippen LogP contribution in [0.1, 0.15) is 12.8 Å². The molecule has 0 saturated heterocycles. The Morgan fingerprint density at radius 2 is 2.27 bits per heavy atom. The Balaban J connectivity index is 2.57. The Morgan fingerprint density at radius 3 is 2.55 bits per heavy atom. The number of thioether (sulfide) groups is 1. The fourth-order valence-electron chi connectivity index (χ4n) is 1.49. The van der Waals surface area contributed by atoms with Crippen molar-refractivity contribution in [3.8, 4) is 0 Å². The van der Waals surface area contributed by atoms with Gasteiger partial charge in [0, 0.05) is 19.6 Å². The third kappa shape index (κ3) is 1.69. The highest BCUT2D eigenvalue weighted by molar-refractivity contribution is 8.00. The summed E-state index contributed by atoms with van der Waals surface area (Å²) in [6, 6.07) is 0.0717. The lowest BCUT2D eigenvalue weighted by atomic mass is 10.2. The predicted molar refractivity (Wildman–Crippen MR) is 48.4 cm³/mol. The van der Waals surface area contributed by atoms with Crippen LogP contribution in [0.15, 0.2) is 0 Å². The van der Waals surface area contributed by atoms with Crippen LogP contribution >= 0.6 is 11.8 Å². The SMILES string of the molecule is COC1C[C@@H](N)C(N)(SC)C1.